The predicted octanol–water partition coefficient (Wildman–Crippen LogP) is 4.85. The number of amides is 1. The van der Waals surface area contributed by atoms with Crippen LogP contribution in [0.1, 0.15) is 77.0 Å². The first-order chi connectivity index (χ1) is 17.5. The molecular weight excluding hydrogens is 472 g/mol. The normalized spacial score (nSPS) is 23.2. The van der Waals surface area contributed by atoms with E-state index in [9.17, 15) is 13.2 Å². The van der Waals surface area contributed by atoms with Gasteiger partial charge in [0.25, 0.3) is 0 Å². The lowest BCUT2D eigenvalue weighted by Crippen LogP contribution is -2.46. The third kappa shape index (κ3) is 5.86. The molecule has 0 unspecified atom stereocenters. The van der Waals surface area contributed by atoms with E-state index >= 15 is 0 Å². The minimum atomic E-state index is -3.47. The summed E-state index contributed by atoms with van der Waals surface area (Å²) in [6.07, 6.45) is 13.3. The maximum atomic E-state index is 13.1. The van der Waals surface area contributed by atoms with Gasteiger partial charge >= 0.3 is 0 Å². The van der Waals surface area contributed by atoms with E-state index in [1.807, 2.05) is 18.2 Å². The number of anilines is 1. The smallest absolute Gasteiger partial charge is 0.243 e. The number of hydrogen-bond donors (Lipinski definition) is 1. The Balaban J connectivity index is 1.26. The van der Waals surface area contributed by atoms with E-state index in [4.69, 9.17) is 4.98 Å². The van der Waals surface area contributed by atoms with Crippen LogP contribution in [0.3, 0.4) is 0 Å². The van der Waals surface area contributed by atoms with E-state index in [-0.39, 0.29) is 11.8 Å². The summed E-state index contributed by atoms with van der Waals surface area (Å²) in [5, 5.41) is 4.18. The first-order valence-corrected chi connectivity index (χ1v) is 15.4. The van der Waals surface area contributed by atoms with Crippen LogP contribution in [0.5, 0.6) is 0 Å². The zero-order chi connectivity index (χ0) is 25.0. The molecule has 1 saturated carbocycles. The van der Waals surface area contributed by atoms with Crippen molar-refractivity contribution in [2.45, 2.75) is 88.0 Å². The SMILES string of the molecule is O=C(NC1CCCCCCC1)[C@@H]1CCCN(c2ccc3cc(S(=O)(=O)N4CCCCC4)ccc3n2)C1. The molecule has 1 amide bonds. The number of hydrogen-bond acceptors (Lipinski definition) is 5. The molecule has 2 aromatic rings. The van der Waals surface area contributed by atoms with Crippen molar-refractivity contribution in [3.8, 4) is 0 Å². The molecule has 0 spiro atoms. The summed E-state index contributed by atoms with van der Waals surface area (Å²) in [5.41, 5.74) is 0.784. The minimum Gasteiger partial charge on any atom is -0.356 e. The maximum absolute atomic E-state index is 13.1. The van der Waals surface area contributed by atoms with Crippen molar-refractivity contribution in [1.29, 1.82) is 0 Å². The molecule has 8 heteroatoms. The fraction of sp³-hybridized carbons (Fsp3) is 0.643. The van der Waals surface area contributed by atoms with Gasteiger partial charge < -0.3 is 10.2 Å². The van der Waals surface area contributed by atoms with Gasteiger partial charge in [-0.1, -0.05) is 38.5 Å². The average Bonchev–Trinajstić information content (AvgIpc) is 2.90. The number of pyridine rings is 1. The molecule has 1 aromatic carbocycles. The lowest BCUT2D eigenvalue weighted by Gasteiger charge is -2.34. The molecule has 5 rings (SSSR count). The van der Waals surface area contributed by atoms with Crippen molar-refractivity contribution in [2.75, 3.05) is 31.1 Å². The van der Waals surface area contributed by atoms with Crippen molar-refractivity contribution in [2.24, 2.45) is 5.92 Å². The van der Waals surface area contributed by atoms with Crippen LogP contribution in [0, 0.1) is 5.92 Å². The number of sulfonamides is 1. The molecule has 1 aromatic heterocycles. The fourth-order valence-electron chi connectivity index (χ4n) is 6.00. The quantitative estimate of drug-likeness (QED) is 0.619. The van der Waals surface area contributed by atoms with Crippen LogP contribution in [-0.4, -0.2) is 55.8 Å². The van der Waals surface area contributed by atoms with Crippen LogP contribution in [0.15, 0.2) is 35.2 Å². The van der Waals surface area contributed by atoms with Gasteiger partial charge in [0.1, 0.15) is 5.82 Å². The van der Waals surface area contributed by atoms with Crippen LogP contribution in [0.4, 0.5) is 5.82 Å². The summed E-state index contributed by atoms with van der Waals surface area (Å²) in [5.74, 6) is 1.04. The molecule has 7 nitrogen and oxygen atoms in total. The molecule has 196 valence electrons. The number of fused-ring (bicyclic) bond motifs is 1. The maximum Gasteiger partial charge on any atom is 0.243 e. The van der Waals surface area contributed by atoms with Gasteiger partial charge in [-0.2, -0.15) is 4.31 Å². The highest BCUT2D eigenvalue weighted by Crippen LogP contribution is 2.28. The lowest BCUT2D eigenvalue weighted by atomic mass is 9.94. The molecule has 2 saturated heterocycles. The summed E-state index contributed by atoms with van der Waals surface area (Å²) in [7, 11) is -3.47. The zero-order valence-corrected chi connectivity index (χ0v) is 22.1. The molecule has 3 heterocycles. The highest BCUT2D eigenvalue weighted by atomic mass is 32.2. The fourth-order valence-corrected chi connectivity index (χ4v) is 7.56. The molecule has 0 bridgehead atoms. The molecule has 0 radical (unpaired) electrons. The number of rotatable bonds is 5. The molecular formula is C28H40N4O3S. The molecule has 1 N–H and O–H groups in total. The average molecular weight is 513 g/mol. The summed E-state index contributed by atoms with van der Waals surface area (Å²) in [4.78, 5) is 20.5. The van der Waals surface area contributed by atoms with E-state index in [2.05, 4.69) is 10.2 Å². The summed E-state index contributed by atoms with van der Waals surface area (Å²) in [6.45, 7) is 2.76. The number of benzene rings is 1. The van der Waals surface area contributed by atoms with E-state index in [0.29, 0.717) is 30.6 Å². The Kier molecular flexibility index (Phi) is 8.11. The molecule has 36 heavy (non-hydrogen) atoms. The van der Waals surface area contributed by atoms with E-state index in [1.54, 1.807) is 16.4 Å². The Morgan fingerprint density at radius 2 is 1.56 bits per heavy atom. The van der Waals surface area contributed by atoms with Crippen molar-refractivity contribution in [3.05, 3.63) is 30.3 Å². The number of piperidine rings is 2. The van der Waals surface area contributed by atoms with Gasteiger partial charge in [0, 0.05) is 37.6 Å². The molecule has 2 aliphatic heterocycles. The predicted molar refractivity (Wildman–Crippen MR) is 144 cm³/mol. The standard InChI is InChI=1S/C28H40N4O3S/c33-28(29-24-11-5-2-1-3-6-12-24)23-10-9-17-31(21-23)27-16-13-22-20-25(14-15-26(22)30-27)36(34,35)32-18-7-4-8-19-32/h13-16,20,23-24H,1-12,17-19,21H2,(H,29,33)/t23-/m1/s1. The number of aromatic nitrogens is 1. The summed E-state index contributed by atoms with van der Waals surface area (Å²) < 4.78 is 27.8. The van der Waals surface area contributed by atoms with Gasteiger partial charge in [0.05, 0.1) is 16.3 Å². The van der Waals surface area contributed by atoms with Crippen LogP contribution in [0.2, 0.25) is 0 Å². The summed E-state index contributed by atoms with van der Waals surface area (Å²) in [6, 6.07) is 9.50. The van der Waals surface area contributed by atoms with Gasteiger partial charge in [0.15, 0.2) is 0 Å². The Morgan fingerprint density at radius 3 is 2.33 bits per heavy atom. The van der Waals surface area contributed by atoms with E-state index in [1.165, 1.54) is 32.1 Å². The lowest BCUT2D eigenvalue weighted by molar-refractivity contribution is -0.126. The number of nitrogens with one attached hydrogen (secondary N) is 1. The highest BCUT2D eigenvalue weighted by molar-refractivity contribution is 7.89. The van der Waals surface area contributed by atoms with Crippen LogP contribution in [-0.2, 0) is 14.8 Å². The van der Waals surface area contributed by atoms with Gasteiger partial charge in [-0.15, -0.1) is 0 Å². The molecule has 3 fully saturated rings. The van der Waals surface area contributed by atoms with Gasteiger partial charge in [0.2, 0.25) is 15.9 Å². The van der Waals surface area contributed by atoms with E-state index in [0.717, 1.165) is 68.2 Å². The Labute approximate surface area is 215 Å². The second-order valence-corrected chi connectivity index (χ2v) is 12.8. The Bertz CT molecular complexity index is 1150. The van der Waals surface area contributed by atoms with Crippen molar-refractivity contribution < 1.29 is 13.2 Å². The first-order valence-electron chi connectivity index (χ1n) is 14.0. The topological polar surface area (TPSA) is 82.6 Å². The zero-order valence-electron chi connectivity index (χ0n) is 21.3. The van der Waals surface area contributed by atoms with Crippen LogP contribution < -0.4 is 10.2 Å². The number of carbonyl (C=O) groups is 1. The molecule has 1 aliphatic carbocycles. The van der Waals surface area contributed by atoms with Crippen LogP contribution >= 0.6 is 0 Å². The second kappa shape index (κ2) is 11.5. The van der Waals surface area contributed by atoms with Crippen LogP contribution in [0.25, 0.3) is 10.9 Å². The second-order valence-electron chi connectivity index (χ2n) is 10.8. The van der Waals surface area contributed by atoms with E-state index < -0.39 is 10.0 Å². The van der Waals surface area contributed by atoms with Gasteiger partial charge in [-0.05, 0) is 68.9 Å². The number of nitrogens with zero attached hydrogens (tertiary/aromatic N) is 3. The summed E-state index contributed by atoms with van der Waals surface area (Å²) >= 11 is 0. The van der Waals surface area contributed by atoms with Gasteiger partial charge in [-0.3, -0.25) is 4.79 Å². The van der Waals surface area contributed by atoms with Crippen molar-refractivity contribution >= 4 is 32.7 Å². The number of carbonyl (C=O) groups excluding carboxylic acids is 1. The largest absolute Gasteiger partial charge is 0.356 e. The third-order valence-corrected chi connectivity index (χ3v) is 10.1. The third-order valence-electron chi connectivity index (χ3n) is 8.17. The first kappa shape index (κ1) is 25.5. The minimum absolute atomic E-state index is 0.0150. The highest BCUT2D eigenvalue weighted by Gasteiger charge is 2.29. The Hall–Kier alpha value is -2.19. The van der Waals surface area contributed by atoms with Gasteiger partial charge in [-0.25, -0.2) is 13.4 Å². The van der Waals surface area contributed by atoms with Crippen molar-refractivity contribution in [1.82, 2.24) is 14.6 Å². The van der Waals surface area contributed by atoms with Crippen molar-refractivity contribution in [3.63, 3.8) is 0 Å². The molecule has 3 aliphatic rings. The Morgan fingerprint density at radius 1 is 0.833 bits per heavy atom. The monoisotopic (exact) mass is 512 g/mol. The molecule has 1 atom stereocenters.